The number of likely N-dealkylation sites (N-methyl/N-ethyl adjacent to an activating group) is 1. The van der Waals surface area contributed by atoms with Crippen LogP contribution in [0.3, 0.4) is 0 Å². The van der Waals surface area contributed by atoms with E-state index in [0.717, 1.165) is 36.6 Å². The zero-order chi connectivity index (χ0) is 15.8. The quantitative estimate of drug-likeness (QED) is 0.863. The van der Waals surface area contributed by atoms with Crippen molar-refractivity contribution in [1.82, 2.24) is 19.2 Å². The summed E-state index contributed by atoms with van der Waals surface area (Å²) in [6.45, 7) is 5.44. The molecule has 0 N–H and O–H groups in total. The third-order valence-corrected chi connectivity index (χ3v) is 6.13. The van der Waals surface area contributed by atoms with Gasteiger partial charge in [-0.3, -0.25) is 14.1 Å². The van der Waals surface area contributed by atoms with Crippen molar-refractivity contribution in [2.75, 3.05) is 19.6 Å². The van der Waals surface area contributed by atoms with Gasteiger partial charge in [-0.25, -0.2) is 4.98 Å². The Morgan fingerprint density at radius 1 is 1.30 bits per heavy atom. The highest BCUT2D eigenvalue weighted by atomic mass is 32.1. The Labute approximate surface area is 140 Å². The number of amides is 1. The average molecular weight is 332 g/mol. The molecule has 0 saturated carbocycles. The van der Waals surface area contributed by atoms with Crippen molar-refractivity contribution >= 4 is 22.2 Å². The van der Waals surface area contributed by atoms with Gasteiger partial charge < -0.3 is 4.90 Å². The van der Waals surface area contributed by atoms with E-state index in [4.69, 9.17) is 0 Å². The number of carbonyl (C=O) groups is 1. The van der Waals surface area contributed by atoms with Crippen molar-refractivity contribution in [3.8, 4) is 0 Å². The average Bonchev–Trinajstić information content (AvgIpc) is 3.28. The summed E-state index contributed by atoms with van der Waals surface area (Å²) >= 11 is 1.61. The van der Waals surface area contributed by atoms with E-state index >= 15 is 0 Å². The number of rotatable bonds is 4. The second kappa shape index (κ2) is 6.24. The maximum atomic E-state index is 12.8. The van der Waals surface area contributed by atoms with Crippen LogP contribution in [0.5, 0.6) is 0 Å². The smallest absolute Gasteiger partial charge is 0.228 e. The van der Waals surface area contributed by atoms with Crippen LogP contribution < -0.4 is 0 Å². The minimum Gasteiger partial charge on any atom is -0.338 e. The van der Waals surface area contributed by atoms with Crippen molar-refractivity contribution in [2.45, 2.75) is 51.1 Å². The first-order valence-electron chi connectivity index (χ1n) is 8.71. The molecule has 0 spiro atoms. The van der Waals surface area contributed by atoms with Gasteiger partial charge in [0.05, 0.1) is 12.1 Å². The largest absolute Gasteiger partial charge is 0.338 e. The topological polar surface area (TPSA) is 40.9 Å². The third-order valence-electron chi connectivity index (χ3n) is 5.36. The van der Waals surface area contributed by atoms with Gasteiger partial charge in [0.1, 0.15) is 0 Å². The number of fused-ring (bicyclic) bond motifs is 1. The number of nitrogens with zero attached hydrogens (tertiary/aromatic N) is 4. The van der Waals surface area contributed by atoms with Crippen molar-refractivity contribution in [2.24, 2.45) is 0 Å². The zero-order valence-electron chi connectivity index (χ0n) is 13.6. The Kier molecular flexibility index (Phi) is 4.11. The van der Waals surface area contributed by atoms with Crippen LogP contribution in [0.1, 0.15) is 38.3 Å². The molecule has 2 aromatic rings. The lowest BCUT2D eigenvalue weighted by Crippen LogP contribution is -2.48. The minimum absolute atomic E-state index is 0.251. The SMILES string of the molecule is CCN1CCC[C@@H]1[C@@H]1CCCN1C(=O)Cc1cn2ccsc2n1. The first-order chi connectivity index (χ1) is 11.3. The van der Waals surface area contributed by atoms with Crippen LogP contribution in [0.25, 0.3) is 4.96 Å². The Hall–Kier alpha value is -1.40. The normalized spacial score (nSPS) is 25.7. The van der Waals surface area contributed by atoms with Gasteiger partial charge in [0.25, 0.3) is 0 Å². The van der Waals surface area contributed by atoms with E-state index in [1.807, 2.05) is 22.2 Å². The molecule has 2 aliphatic rings. The lowest BCUT2D eigenvalue weighted by molar-refractivity contribution is -0.132. The Balaban J connectivity index is 1.47. The van der Waals surface area contributed by atoms with Gasteiger partial charge in [0, 0.05) is 36.4 Å². The van der Waals surface area contributed by atoms with E-state index in [-0.39, 0.29) is 5.91 Å². The lowest BCUT2D eigenvalue weighted by atomic mass is 10.0. The summed E-state index contributed by atoms with van der Waals surface area (Å²) in [7, 11) is 0. The molecular weight excluding hydrogens is 308 g/mol. The van der Waals surface area contributed by atoms with E-state index in [2.05, 4.69) is 21.7 Å². The first kappa shape index (κ1) is 15.1. The molecule has 6 heteroatoms. The van der Waals surface area contributed by atoms with E-state index < -0.39 is 0 Å². The van der Waals surface area contributed by atoms with Crippen molar-refractivity contribution < 1.29 is 4.79 Å². The maximum absolute atomic E-state index is 12.8. The van der Waals surface area contributed by atoms with Gasteiger partial charge in [-0.05, 0) is 38.8 Å². The zero-order valence-corrected chi connectivity index (χ0v) is 14.5. The molecule has 2 aromatic heterocycles. The highest BCUT2D eigenvalue weighted by Crippen LogP contribution is 2.30. The molecule has 2 aliphatic heterocycles. The molecule has 2 atom stereocenters. The number of imidazole rings is 1. The van der Waals surface area contributed by atoms with E-state index in [0.29, 0.717) is 18.5 Å². The first-order valence-corrected chi connectivity index (χ1v) is 9.59. The molecule has 0 unspecified atom stereocenters. The lowest BCUT2D eigenvalue weighted by Gasteiger charge is -2.34. The van der Waals surface area contributed by atoms with Crippen LogP contribution >= 0.6 is 11.3 Å². The number of hydrogen-bond acceptors (Lipinski definition) is 4. The summed E-state index contributed by atoms with van der Waals surface area (Å²) in [5, 5.41) is 2.02. The maximum Gasteiger partial charge on any atom is 0.228 e. The van der Waals surface area contributed by atoms with Crippen LogP contribution in [-0.2, 0) is 11.2 Å². The fraction of sp³-hybridized carbons (Fsp3) is 0.647. The summed E-state index contributed by atoms with van der Waals surface area (Å²) in [4.78, 5) is 23.1. The number of likely N-dealkylation sites (tertiary alicyclic amines) is 2. The Bertz CT molecular complexity index is 665. The van der Waals surface area contributed by atoms with E-state index in [1.165, 1.54) is 19.4 Å². The highest BCUT2D eigenvalue weighted by molar-refractivity contribution is 7.15. The molecule has 0 aromatic carbocycles. The summed E-state index contributed by atoms with van der Waals surface area (Å²) in [5.74, 6) is 0.251. The van der Waals surface area contributed by atoms with Crippen LogP contribution in [0.4, 0.5) is 0 Å². The van der Waals surface area contributed by atoms with Gasteiger partial charge in [0.15, 0.2) is 4.96 Å². The van der Waals surface area contributed by atoms with E-state index in [1.54, 1.807) is 11.3 Å². The van der Waals surface area contributed by atoms with Gasteiger partial charge >= 0.3 is 0 Å². The van der Waals surface area contributed by atoms with Gasteiger partial charge in [-0.1, -0.05) is 6.92 Å². The van der Waals surface area contributed by atoms with E-state index in [9.17, 15) is 4.79 Å². The molecule has 4 heterocycles. The van der Waals surface area contributed by atoms with Crippen molar-refractivity contribution in [1.29, 1.82) is 0 Å². The number of thiazole rings is 1. The monoisotopic (exact) mass is 332 g/mol. The second-order valence-corrected chi connectivity index (χ2v) is 7.51. The Morgan fingerprint density at radius 3 is 2.96 bits per heavy atom. The summed E-state index contributed by atoms with van der Waals surface area (Å²) in [6, 6.07) is 0.977. The molecule has 23 heavy (non-hydrogen) atoms. The molecule has 0 radical (unpaired) electrons. The third kappa shape index (κ3) is 2.78. The number of carbonyl (C=O) groups excluding carboxylic acids is 1. The molecular formula is C17H24N4OS. The predicted molar refractivity (Wildman–Crippen MR) is 91.8 cm³/mol. The summed E-state index contributed by atoms with van der Waals surface area (Å²) in [6.07, 6.45) is 9.23. The fourth-order valence-corrected chi connectivity index (χ4v) is 5.02. The summed E-state index contributed by atoms with van der Waals surface area (Å²) < 4.78 is 2.00. The molecule has 0 bridgehead atoms. The molecule has 5 nitrogen and oxygen atoms in total. The molecule has 2 saturated heterocycles. The minimum atomic E-state index is 0.251. The predicted octanol–water partition coefficient (Wildman–Crippen LogP) is 2.41. The highest BCUT2D eigenvalue weighted by Gasteiger charge is 2.39. The fourth-order valence-electron chi connectivity index (χ4n) is 4.30. The standard InChI is InChI=1S/C17H24N4OS/c1-2-19-7-3-5-14(19)15-6-4-8-21(15)16(22)11-13-12-20-9-10-23-17(20)18-13/h9-10,12,14-15H,2-8,11H2,1H3/t14-,15+/m1/s1. The van der Waals surface area contributed by atoms with Crippen LogP contribution in [0, 0.1) is 0 Å². The van der Waals surface area contributed by atoms with Crippen LogP contribution in [0.15, 0.2) is 17.8 Å². The Morgan fingerprint density at radius 2 is 2.13 bits per heavy atom. The molecule has 2 fully saturated rings. The van der Waals surface area contributed by atoms with Crippen molar-refractivity contribution in [3.63, 3.8) is 0 Å². The molecule has 1 amide bonds. The molecule has 4 rings (SSSR count). The van der Waals surface area contributed by atoms with Crippen molar-refractivity contribution in [3.05, 3.63) is 23.5 Å². The molecule has 124 valence electrons. The number of aromatic nitrogens is 2. The van der Waals surface area contributed by atoms with Crippen LogP contribution in [0.2, 0.25) is 0 Å². The van der Waals surface area contributed by atoms with Crippen LogP contribution in [-0.4, -0.2) is 56.8 Å². The number of hydrogen-bond donors (Lipinski definition) is 0. The van der Waals surface area contributed by atoms with Gasteiger partial charge in [-0.15, -0.1) is 11.3 Å². The summed E-state index contributed by atoms with van der Waals surface area (Å²) in [5.41, 5.74) is 0.895. The second-order valence-electron chi connectivity index (χ2n) is 6.64. The van der Waals surface area contributed by atoms with Gasteiger partial charge in [-0.2, -0.15) is 0 Å². The van der Waals surface area contributed by atoms with Gasteiger partial charge in [0.2, 0.25) is 5.91 Å². The molecule has 0 aliphatic carbocycles.